The Labute approximate surface area is 161 Å². The van der Waals surface area contributed by atoms with Crippen molar-refractivity contribution in [3.8, 4) is 0 Å². The van der Waals surface area contributed by atoms with Gasteiger partial charge >= 0.3 is 5.69 Å². The van der Waals surface area contributed by atoms with Crippen LogP contribution in [0.25, 0.3) is 0 Å². The SMILES string of the molecule is CCn1c([C@H]2CCCN(C3CCN(c4ccccc4)CC3)C2)nn(C)c1=O. The molecule has 0 aliphatic carbocycles. The van der Waals surface area contributed by atoms with Gasteiger partial charge in [0.25, 0.3) is 0 Å². The van der Waals surface area contributed by atoms with Gasteiger partial charge in [0.05, 0.1) is 0 Å². The summed E-state index contributed by atoms with van der Waals surface area (Å²) in [6.45, 7) is 7.20. The van der Waals surface area contributed by atoms with Gasteiger partial charge in [-0.25, -0.2) is 9.48 Å². The second kappa shape index (κ2) is 7.89. The van der Waals surface area contributed by atoms with Crippen LogP contribution in [-0.4, -0.2) is 51.5 Å². The first kappa shape index (κ1) is 18.3. The number of nitrogens with zero attached hydrogens (tertiary/aromatic N) is 5. The van der Waals surface area contributed by atoms with Crippen molar-refractivity contribution in [2.24, 2.45) is 7.05 Å². The van der Waals surface area contributed by atoms with E-state index in [4.69, 9.17) is 0 Å². The number of hydrogen-bond donors (Lipinski definition) is 0. The van der Waals surface area contributed by atoms with Gasteiger partial charge in [-0.3, -0.25) is 9.47 Å². The molecule has 3 heterocycles. The minimum absolute atomic E-state index is 0.0146. The van der Waals surface area contributed by atoms with Crippen molar-refractivity contribution in [3.05, 3.63) is 46.6 Å². The molecule has 2 aromatic rings. The van der Waals surface area contributed by atoms with Crippen LogP contribution >= 0.6 is 0 Å². The first-order chi connectivity index (χ1) is 13.2. The maximum atomic E-state index is 12.3. The number of aryl methyl sites for hydroxylation is 1. The van der Waals surface area contributed by atoms with E-state index in [0.717, 1.165) is 31.9 Å². The van der Waals surface area contributed by atoms with Gasteiger partial charge < -0.3 is 4.90 Å². The molecule has 146 valence electrons. The van der Waals surface area contributed by atoms with E-state index >= 15 is 0 Å². The molecule has 0 N–H and O–H groups in total. The normalized spacial score (nSPS) is 22.3. The summed E-state index contributed by atoms with van der Waals surface area (Å²) in [6, 6.07) is 11.4. The van der Waals surface area contributed by atoms with Crippen LogP contribution in [0.1, 0.15) is 44.3 Å². The van der Waals surface area contributed by atoms with Gasteiger partial charge in [0.15, 0.2) is 0 Å². The van der Waals surface area contributed by atoms with E-state index in [1.54, 1.807) is 7.05 Å². The van der Waals surface area contributed by atoms with Crippen LogP contribution in [0.3, 0.4) is 0 Å². The molecule has 6 heteroatoms. The fourth-order valence-electron chi connectivity index (χ4n) is 4.80. The lowest BCUT2D eigenvalue weighted by molar-refractivity contribution is 0.125. The lowest BCUT2D eigenvalue weighted by atomic mass is 9.93. The third-order valence-electron chi connectivity index (χ3n) is 6.27. The molecule has 6 nitrogen and oxygen atoms in total. The molecule has 2 saturated heterocycles. The summed E-state index contributed by atoms with van der Waals surface area (Å²) in [7, 11) is 1.76. The number of anilines is 1. The lowest BCUT2D eigenvalue weighted by Gasteiger charge is -2.42. The maximum Gasteiger partial charge on any atom is 0.345 e. The third kappa shape index (κ3) is 3.68. The van der Waals surface area contributed by atoms with Gasteiger partial charge in [0.2, 0.25) is 0 Å². The van der Waals surface area contributed by atoms with E-state index in [1.807, 2.05) is 11.5 Å². The minimum atomic E-state index is 0.0146. The molecule has 1 aromatic heterocycles. The highest BCUT2D eigenvalue weighted by Crippen LogP contribution is 2.30. The summed E-state index contributed by atoms with van der Waals surface area (Å²) in [5, 5.41) is 4.57. The van der Waals surface area contributed by atoms with E-state index in [0.29, 0.717) is 18.5 Å². The van der Waals surface area contributed by atoms with Crippen LogP contribution in [0.4, 0.5) is 5.69 Å². The largest absolute Gasteiger partial charge is 0.371 e. The van der Waals surface area contributed by atoms with E-state index < -0.39 is 0 Å². The molecule has 0 saturated carbocycles. The van der Waals surface area contributed by atoms with Crippen molar-refractivity contribution in [3.63, 3.8) is 0 Å². The Morgan fingerprint density at radius 3 is 2.52 bits per heavy atom. The van der Waals surface area contributed by atoms with Crippen molar-refractivity contribution in [1.29, 1.82) is 0 Å². The van der Waals surface area contributed by atoms with Crippen molar-refractivity contribution >= 4 is 5.69 Å². The lowest BCUT2D eigenvalue weighted by Crippen LogP contribution is -2.48. The Kier molecular flexibility index (Phi) is 5.34. The average molecular weight is 370 g/mol. The zero-order valence-corrected chi connectivity index (χ0v) is 16.5. The molecule has 0 amide bonds. The van der Waals surface area contributed by atoms with Crippen LogP contribution < -0.4 is 10.6 Å². The molecular formula is C21H31N5O. The van der Waals surface area contributed by atoms with Crippen molar-refractivity contribution in [2.45, 2.75) is 51.1 Å². The van der Waals surface area contributed by atoms with Crippen LogP contribution in [0, 0.1) is 0 Å². The summed E-state index contributed by atoms with van der Waals surface area (Å²) in [5.41, 5.74) is 1.36. The highest BCUT2D eigenvalue weighted by molar-refractivity contribution is 5.46. The highest BCUT2D eigenvalue weighted by Gasteiger charge is 2.31. The maximum absolute atomic E-state index is 12.3. The Balaban J connectivity index is 1.41. The number of aromatic nitrogens is 3. The number of piperidine rings is 2. The summed E-state index contributed by atoms with van der Waals surface area (Å²) in [5.74, 6) is 1.36. The van der Waals surface area contributed by atoms with Crippen LogP contribution in [0.5, 0.6) is 0 Å². The summed E-state index contributed by atoms with van der Waals surface area (Å²) in [6.07, 6.45) is 4.75. The fraction of sp³-hybridized carbons (Fsp3) is 0.619. The summed E-state index contributed by atoms with van der Waals surface area (Å²) < 4.78 is 3.35. The first-order valence-electron chi connectivity index (χ1n) is 10.3. The minimum Gasteiger partial charge on any atom is -0.371 e. The van der Waals surface area contributed by atoms with Crippen LogP contribution in [0.2, 0.25) is 0 Å². The van der Waals surface area contributed by atoms with Gasteiger partial charge in [-0.15, -0.1) is 0 Å². The molecule has 2 aliphatic rings. The van der Waals surface area contributed by atoms with Gasteiger partial charge in [-0.2, -0.15) is 5.10 Å². The average Bonchev–Trinajstić information content (AvgIpc) is 3.03. The number of likely N-dealkylation sites (tertiary alicyclic amines) is 1. The van der Waals surface area contributed by atoms with Gasteiger partial charge in [-0.1, -0.05) is 18.2 Å². The van der Waals surface area contributed by atoms with Gasteiger partial charge in [-0.05, 0) is 51.3 Å². The zero-order chi connectivity index (χ0) is 18.8. The zero-order valence-electron chi connectivity index (χ0n) is 16.5. The van der Waals surface area contributed by atoms with E-state index in [9.17, 15) is 4.79 Å². The van der Waals surface area contributed by atoms with Crippen molar-refractivity contribution in [1.82, 2.24) is 19.2 Å². The van der Waals surface area contributed by atoms with E-state index in [2.05, 4.69) is 45.2 Å². The fourth-order valence-corrected chi connectivity index (χ4v) is 4.80. The van der Waals surface area contributed by atoms with Crippen LogP contribution in [0.15, 0.2) is 35.1 Å². The molecule has 0 bridgehead atoms. The second-order valence-corrected chi connectivity index (χ2v) is 7.90. The number of hydrogen-bond acceptors (Lipinski definition) is 4. The Bertz CT molecular complexity index is 804. The molecule has 0 radical (unpaired) electrons. The predicted octanol–water partition coefficient (Wildman–Crippen LogP) is 2.45. The Morgan fingerprint density at radius 1 is 1.07 bits per heavy atom. The number of rotatable bonds is 4. The Morgan fingerprint density at radius 2 is 1.81 bits per heavy atom. The second-order valence-electron chi connectivity index (χ2n) is 7.90. The highest BCUT2D eigenvalue weighted by atomic mass is 16.2. The number of para-hydroxylation sites is 1. The van der Waals surface area contributed by atoms with Crippen molar-refractivity contribution in [2.75, 3.05) is 31.1 Å². The molecule has 27 heavy (non-hydrogen) atoms. The molecule has 1 aromatic carbocycles. The van der Waals surface area contributed by atoms with E-state index in [1.165, 1.54) is 36.2 Å². The molecule has 0 unspecified atom stereocenters. The molecule has 4 rings (SSSR count). The van der Waals surface area contributed by atoms with Crippen molar-refractivity contribution < 1.29 is 0 Å². The number of benzene rings is 1. The summed E-state index contributed by atoms with van der Waals surface area (Å²) in [4.78, 5) is 17.4. The molecule has 2 fully saturated rings. The Hall–Kier alpha value is -2.08. The van der Waals surface area contributed by atoms with E-state index in [-0.39, 0.29) is 5.69 Å². The monoisotopic (exact) mass is 369 g/mol. The molecule has 0 spiro atoms. The standard InChI is InChI=1S/C21H31N5O/c1-3-26-20(22-23(2)21(26)27)17-8-7-13-25(16-17)19-11-14-24(15-12-19)18-9-5-4-6-10-18/h4-6,9-10,17,19H,3,7-8,11-16H2,1-2H3/t17-/m0/s1. The van der Waals surface area contributed by atoms with Gasteiger partial charge in [0, 0.05) is 50.9 Å². The third-order valence-corrected chi connectivity index (χ3v) is 6.27. The molecule has 2 aliphatic heterocycles. The van der Waals surface area contributed by atoms with Crippen LogP contribution in [-0.2, 0) is 13.6 Å². The molecule has 1 atom stereocenters. The predicted molar refractivity (Wildman–Crippen MR) is 108 cm³/mol. The quantitative estimate of drug-likeness (QED) is 0.831. The smallest absolute Gasteiger partial charge is 0.345 e. The topological polar surface area (TPSA) is 46.3 Å². The summed E-state index contributed by atoms with van der Waals surface area (Å²) >= 11 is 0. The molecular weight excluding hydrogens is 338 g/mol. The van der Waals surface area contributed by atoms with Gasteiger partial charge in [0.1, 0.15) is 5.82 Å². The first-order valence-corrected chi connectivity index (χ1v) is 10.3.